The summed E-state index contributed by atoms with van der Waals surface area (Å²) in [6, 6.07) is 21.1. The minimum atomic E-state index is -0.663. The zero-order valence-electron chi connectivity index (χ0n) is 17.2. The first kappa shape index (κ1) is 19.7. The van der Waals surface area contributed by atoms with Crippen molar-refractivity contribution in [1.82, 2.24) is 0 Å². The molecule has 5 rings (SSSR count). The van der Waals surface area contributed by atoms with Gasteiger partial charge in [0.25, 0.3) is 0 Å². The van der Waals surface area contributed by atoms with Gasteiger partial charge < -0.3 is 19.4 Å². The molecule has 4 aromatic rings. The lowest BCUT2D eigenvalue weighted by molar-refractivity contribution is 0.368. The van der Waals surface area contributed by atoms with Crippen LogP contribution >= 0.6 is 0 Å². The summed E-state index contributed by atoms with van der Waals surface area (Å²) < 4.78 is 10.7. The second-order valence-electron chi connectivity index (χ2n) is 7.45. The summed E-state index contributed by atoms with van der Waals surface area (Å²) in [5, 5.41) is 28.6. The van der Waals surface area contributed by atoms with Crippen molar-refractivity contribution in [3.8, 4) is 17.2 Å². The summed E-state index contributed by atoms with van der Waals surface area (Å²) in [7, 11) is 1.49. The van der Waals surface area contributed by atoms with Gasteiger partial charge in [0.2, 0.25) is 0 Å². The summed E-state index contributed by atoms with van der Waals surface area (Å²) >= 11 is 0. The van der Waals surface area contributed by atoms with E-state index in [1.165, 1.54) is 7.11 Å². The fraction of sp³-hybridized carbons (Fsp3) is 0.120. The molecule has 1 aromatic heterocycles. The maximum absolute atomic E-state index is 12.8. The molecule has 0 fully saturated rings. The molecular weight excluding hydrogens is 408 g/mol. The lowest BCUT2D eigenvalue weighted by atomic mass is 9.97. The zero-order valence-corrected chi connectivity index (χ0v) is 17.2. The number of hydrogen-bond donors (Lipinski definition) is 2. The second-order valence-corrected chi connectivity index (χ2v) is 7.45. The van der Waals surface area contributed by atoms with Crippen LogP contribution in [0.2, 0.25) is 0 Å². The first-order valence-corrected chi connectivity index (χ1v) is 10.1. The van der Waals surface area contributed by atoms with Gasteiger partial charge in [0.15, 0.2) is 11.5 Å². The molecule has 0 amide bonds. The quantitative estimate of drug-likeness (QED) is 0.463. The molecule has 1 aliphatic rings. The first-order valence-electron chi connectivity index (χ1n) is 10.1. The van der Waals surface area contributed by atoms with Crippen LogP contribution in [-0.2, 0) is 0 Å². The highest BCUT2D eigenvalue weighted by Crippen LogP contribution is 2.43. The molecule has 0 spiro atoms. The summed E-state index contributed by atoms with van der Waals surface area (Å²) in [5.41, 5.74) is 1.41. The van der Waals surface area contributed by atoms with Crippen molar-refractivity contribution in [3.63, 3.8) is 0 Å². The topological polar surface area (TPSA) is 95.5 Å². The molecule has 2 N–H and O–H groups in total. The van der Waals surface area contributed by atoms with Crippen molar-refractivity contribution in [2.24, 2.45) is 5.10 Å². The number of para-hydroxylation sites is 3. The summed E-state index contributed by atoms with van der Waals surface area (Å²) in [4.78, 5) is 12.8. The lowest BCUT2D eigenvalue weighted by Gasteiger charge is -2.25. The molecule has 0 bridgehead atoms. The SMILES string of the molecule is COc1cccc(C2CC(c3c(O)c4ccccc4oc3=O)=NN2c2ccccc2)c1O. The van der Waals surface area contributed by atoms with E-state index >= 15 is 0 Å². The number of methoxy groups -OCH3 is 1. The van der Waals surface area contributed by atoms with Gasteiger partial charge in [-0.25, -0.2) is 4.79 Å². The number of phenolic OH excluding ortho intramolecular Hbond substituents is 1. The van der Waals surface area contributed by atoms with E-state index in [-0.39, 0.29) is 23.5 Å². The largest absolute Gasteiger partial charge is 0.506 e. The van der Waals surface area contributed by atoms with E-state index in [4.69, 9.17) is 9.15 Å². The third-order valence-corrected chi connectivity index (χ3v) is 5.61. The predicted molar refractivity (Wildman–Crippen MR) is 122 cm³/mol. The number of phenols is 1. The standard InChI is InChI=1S/C25H20N2O5/c1-31-21-13-7-11-16(23(21)28)19-14-18(26-27(19)15-8-3-2-4-9-15)22-24(29)17-10-5-6-12-20(17)32-25(22)30/h2-13,19,28-29H,14H2,1H3. The molecule has 3 aromatic carbocycles. The third-order valence-electron chi connectivity index (χ3n) is 5.61. The minimum absolute atomic E-state index is 0.00662. The normalized spacial score (nSPS) is 15.7. The summed E-state index contributed by atoms with van der Waals surface area (Å²) in [5.74, 6) is 0.184. The highest BCUT2D eigenvalue weighted by Gasteiger charge is 2.35. The highest BCUT2D eigenvalue weighted by molar-refractivity contribution is 6.08. The van der Waals surface area contributed by atoms with Crippen LogP contribution in [0.15, 0.2) is 87.1 Å². The Balaban J connectivity index is 1.68. The van der Waals surface area contributed by atoms with E-state index in [2.05, 4.69) is 5.10 Å². The molecule has 1 atom stereocenters. The van der Waals surface area contributed by atoms with Crippen LogP contribution in [0, 0.1) is 0 Å². The van der Waals surface area contributed by atoms with Gasteiger partial charge in [0, 0.05) is 12.0 Å². The van der Waals surface area contributed by atoms with Crippen molar-refractivity contribution < 1.29 is 19.4 Å². The van der Waals surface area contributed by atoms with E-state index < -0.39 is 11.7 Å². The summed E-state index contributed by atoms with van der Waals surface area (Å²) in [6.45, 7) is 0. The van der Waals surface area contributed by atoms with Gasteiger partial charge in [-0.3, -0.25) is 5.01 Å². The van der Waals surface area contributed by atoms with Crippen LogP contribution < -0.4 is 15.4 Å². The van der Waals surface area contributed by atoms with E-state index in [9.17, 15) is 15.0 Å². The Morgan fingerprint density at radius 1 is 0.969 bits per heavy atom. The number of nitrogens with zero attached hydrogens (tertiary/aromatic N) is 2. The van der Waals surface area contributed by atoms with Crippen molar-refractivity contribution in [1.29, 1.82) is 0 Å². The Morgan fingerprint density at radius 3 is 2.50 bits per heavy atom. The van der Waals surface area contributed by atoms with E-state index in [1.54, 1.807) is 47.5 Å². The second kappa shape index (κ2) is 7.77. The first-order chi connectivity index (χ1) is 15.6. The molecule has 1 unspecified atom stereocenters. The van der Waals surface area contributed by atoms with Gasteiger partial charge >= 0.3 is 5.63 Å². The van der Waals surface area contributed by atoms with E-state index in [0.29, 0.717) is 28.0 Å². The number of rotatable bonds is 4. The fourth-order valence-corrected chi connectivity index (χ4v) is 4.08. The molecule has 7 nitrogen and oxygen atoms in total. The van der Waals surface area contributed by atoms with Gasteiger partial charge in [0.1, 0.15) is 16.9 Å². The molecule has 2 heterocycles. The number of aromatic hydroxyl groups is 2. The van der Waals surface area contributed by atoms with Gasteiger partial charge in [-0.05, 0) is 30.3 Å². The van der Waals surface area contributed by atoms with Gasteiger partial charge in [-0.15, -0.1) is 0 Å². The molecule has 160 valence electrons. The monoisotopic (exact) mass is 428 g/mol. The maximum Gasteiger partial charge on any atom is 0.349 e. The van der Waals surface area contributed by atoms with Crippen molar-refractivity contribution in [2.45, 2.75) is 12.5 Å². The van der Waals surface area contributed by atoms with E-state index in [1.807, 2.05) is 30.3 Å². The number of hydrazone groups is 1. The highest BCUT2D eigenvalue weighted by atomic mass is 16.5. The minimum Gasteiger partial charge on any atom is -0.506 e. The predicted octanol–water partition coefficient (Wildman–Crippen LogP) is 4.57. The zero-order chi connectivity index (χ0) is 22.2. The lowest BCUT2D eigenvalue weighted by Crippen LogP contribution is -2.18. The maximum atomic E-state index is 12.8. The van der Waals surface area contributed by atoms with Crippen LogP contribution in [-0.4, -0.2) is 23.0 Å². The summed E-state index contributed by atoms with van der Waals surface area (Å²) in [6.07, 6.45) is 0.270. The van der Waals surface area contributed by atoms with Gasteiger partial charge in [0.05, 0.1) is 29.9 Å². The van der Waals surface area contributed by atoms with Crippen LogP contribution in [0.1, 0.15) is 23.6 Å². The Hall–Kier alpha value is -4.26. The third kappa shape index (κ3) is 3.15. The average Bonchev–Trinajstić information content (AvgIpc) is 3.24. The Bertz CT molecular complexity index is 1390. The fourth-order valence-electron chi connectivity index (χ4n) is 4.08. The number of ether oxygens (including phenoxy) is 1. The van der Waals surface area contributed by atoms with Crippen LogP contribution in [0.25, 0.3) is 11.0 Å². The average molecular weight is 428 g/mol. The Morgan fingerprint density at radius 2 is 1.72 bits per heavy atom. The van der Waals surface area contributed by atoms with E-state index in [0.717, 1.165) is 5.69 Å². The molecule has 0 saturated carbocycles. The van der Waals surface area contributed by atoms with Gasteiger partial charge in [-0.1, -0.05) is 42.5 Å². The van der Waals surface area contributed by atoms with Crippen molar-refractivity contribution >= 4 is 22.4 Å². The molecular formula is C25H20N2O5. The molecule has 7 heteroatoms. The van der Waals surface area contributed by atoms with Crippen molar-refractivity contribution in [2.75, 3.05) is 12.1 Å². The van der Waals surface area contributed by atoms with Crippen LogP contribution in [0.3, 0.4) is 0 Å². The Kier molecular flexibility index (Phi) is 4.78. The molecule has 1 aliphatic heterocycles. The van der Waals surface area contributed by atoms with Crippen LogP contribution in [0.4, 0.5) is 5.69 Å². The van der Waals surface area contributed by atoms with Crippen molar-refractivity contribution in [3.05, 3.63) is 94.3 Å². The number of anilines is 1. The molecule has 0 saturated heterocycles. The van der Waals surface area contributed by atoms with Gasteiger partial charge in [-0.2, -0.15) is 5.10 Å². The van der Waals surface area contributed by atoms with Crippen LogP contribution in [0.5, 0.6) is 17.2 Å². The molecule has 0 radical (unpaired) electrons. The number of hydrogen-bond acceptors (Lipinski definition) is 7. The molecule has 0 aliphatic carbocycles. The number of benzene rings is 3. The number of fused-ring (bicyclic) bond motifs is 1. The molecule has 32 heavy (non-hydrogen) atoms. The smallest absolute Gasteiger partial charge is 0.349 e. The Labute approximate surface area is 183 Å².